The smallest absolute Gasteiger partial charge is 0.251 e. The molecule has 2 N–H and O–H groups in total. The molecular formula is C27H30N2O4S. The lowest BCUT2D eigenvalue weighted by Crippen LogP contribution is -2.32. The summed E-state index contributed by atoms with van der Waals surface area (Å²) in [5, 5.41) is 2.95. The number of rotatable bonds is 10. The fraction of sp³-hybridized carbons (Fsp3) is 0.296. The molecule has 0 radical (unpaired) electrons. The van der Waals surface area contributed by atoms with E-state index in [4.69, 9.17) is 4.74 Å². The standard InChI is InChI=1S/C27H30N2O4S/c30-27(23-13-7-15-25(19-23)34(31,32)29-20-24-14-8-18-33-24)28-17-16-26(21-9-3-1-4-10-21)22-11-5-2-6-12-22/h1-7,9-13,15,19,24,26,29H,8,14,16-18,20H2,(H,28,30). The van der Waals surface area contributed by atoms with E-state index in [0.717, 1.165) is 19.3 Å². The van der Waals surface area contributed by atoms with Crippen molar-refractivity contribution in [2.24, 2.45) is 0 Å². The Morgan fingerprint density at radius 2 is 1.62 bits per heavy atom. The average Bonchev–Trinajstić information content (AvgIpc) is 3.40. The summed E-state index contributed by atoms with van der Waals surface area (Å²) < 4.78 is 33.4. The number of carbonyl (C=O) groups excluding carboxylic acids is 1. The highest BCUT2D eigenvalue weighted by atomic mass is 32.2. The van der Waals surface area contributed by atoms with Crippen LogP contribution in [0.25, 0.3) is 0 Å². The minimum atomic E-state index is -3.72. The van der Waals surface area contributed by atoms with Crippen molar-refractivity contribution >= 4 is 15.9 Å². The lowest BCUT2D eigenvalue weighted by atomic mass is 9.88. The van der Waals surface area contributed by atoms with Crippen molar-refractivity contribution in [1.82, 2.24) is 10.0 Å². The normalized spacial score (nSPS) is 16.0. The maximum atomic E-state index is 12.8. The highest BCUT2D eigenvalue weighted by Crippen LogP contribution is 2.27. The van der Waals surface area contributed by atoms with E-state index in [1.165, 1.54) is 23.3 Å². The predicted octanol–water partition coefficient (Wildman–Crippen LogP) is 4.10. The molecule has 1 atom stereocenters. The Balaban J connectivity index is 1.38. The van der Waals surface area contributed by atoms with Gasteiger partial charge in [0.25, 0.3) is 5.91 Å². The van der Waals surface area contributed by atoms with E-state index in [0.29, 0.717) is 18.7 Å². The minimum absolute atomic E-state index is 0.0737. The molecule has 1 fully saturated rings. The van der Waals surface area contributed by atoms with E-state index in [2.05, 4.69) is 34.3 Å². The van der Waals surface area contributed by atoms with Gasteiger partial charge in [-0.3, -0.25) is 4.79 Å². The molecule has 1 heterocycles. The van der Waals surface area contributed by atoms with Crippen LogP contribution in [0.3, 0.4) is 0 Å². The highest BCUT2D eigenvalue weighted by Gasteiger charge is 2.21. The zero-order valence-corrected chi connectivity index (χ0v) is 19.8. The number of hydrogen-bond acceptors (Lipinski definition) is 4. The molecule has 178 valence electrons. The molecule has 1 amide bonds. The van der Waals surface area contributed by atoms with Gasteiger partial charge in [-0.05, 0) is 48.6 Å². The molecule has 0 aromatic heterocycles. The van der Waals surface area contributed by atoms with Crippen molar-refractivity contribution in [2.75, 3.05) is 19.7 Å². The Kier molecular flexibility index (Phi) is 8.11. The Hall–Kier alpha value is -3.00. The van der Waals surface area contributed by atoms with Gasteiger partial charge in [-0.1, -0.05) is 66.7 Å². The van der Waals surface area contributed by atoms with Crippen molar-refractivity contribution in [1.29, 1.82) is 0 Å². The molecule has 34 heavy (non-hydrogen) atoms. The lowest BCUT2D eigenvalue weighted by molar-refractivity contribution is 0.0952. The second-order valence-electron chi connectivity index (χ2n) is 8.43. The van der Waals surface area contributed by atoms with Gasteiger partial charge < -0.3 is 10.1 Å². The first kappa shape index (κ1) is 24.1. The van der Waals surface area contributed by atoms with Crippen LogP contribution >= 0.6 is 0 Å². The van der Waals surface area contributed by atoms with Gasteiger partial charge in [0.1, 0.15) is 0 Å². The Morgan fingerprint density at radius 1 is 0.941 bits per heavy atom. The predicted molar refractivity (Wildman–Crippen MR) is 132 cm³/mol. The number of carbonyl (C=O) groups is 1. The first-order valence-electron chi connectivity index (χ1n) is 11.6. The van der Waals surface area contributed by atoms with E-state index in [-0.39, 0.29) is 29.4 Å². The minimum Gasteiger partial charge on any atom is -0.377 e. The van der Waals surface area contributed by atoms with Crippen LogP contribution in [-0.2, 0) is 14.8 Å². The molecule has 3 aromatic carbocycles. The van der Waals surface area contributed by atoms with E-state index in [1.807, 2.05) is 36.4 Å². The van der Waals surface area contributed by atoms with Crippen molar-refractivity contribution in [2.45, 2.75) is 36.2 Å². The second-order valence-corrected chi connectivity index (χ2v) is 10.2. The monoisotopic (exact) mass is 478 g/mol. The van der Waals surface area contributed by atoms with Gasteiger partial charge in [-0.15, -0.1) is 0 Å². The molecule has 0 saturated carbocycles. The second kappa shape index (κ2) is 11.4. The Bertz CT molecular complexity index is 1140. The number of hydrogen-bond donors (Lipinski definition) is 2. The third-order valence-corrected chi connectivity index (χ3v) is 7.48. The third kappa shape index (κ3) is 6.32. The van der Waals surface area contributed by atoms with Gasteiger partial charge in [0.15, 0.2) is 0 Å². The van der Waals surface area contributed by atoms with Gasteiger partial charge in [-0.2, -0.15) is 0 Å². The molecule has 7 heteroatoms. The molecule has 4 rings (SSSR count). The largest absolute Gasteiger partial charge is 0.377 e. The van der Waals surface area contributed by atoms with Crippen molar-refractivity contribution in [3.05, 3.63) is 102 Å². The van der Waals surface area contributed by atoms with Crippen LogP contribution in [0, 0.1) is 0 Å². The molecule has 6 nitrogen and oxygen atoms in total. The number of sulfonamides is 1. The fourth-order valence-electron chi connectivity index (χ4n) is 4.22. The molecule has 1 aliphatic heterocycles. The number of benzene rings is 3. The third-order valence-electron chi connectivity index (χ3n) is 6.05. The summed E-state index contributed by atoms with van der Waals surface area (Å²) in [5.74, 6) is -0.146. The zero-order valence-electron chi connectivity index (χ0n) is 19.0. The topological polar surface area (TPSA) is 84.5 Å². The van der Waals surface area contributed by atoms with Gasteiger partial charge in [0.2, 0.25) is 10.0 Å². The quantitative estimate of drug-likeness (QED) is 0.460. The summed E-state index contributed by atoms with van der Waals surface area (Å²) >= 11 is 0. The average molecular weight is 479 g/mol. The summed E-state index contributed by atoms with van der Waals surface area (Å²) in [6, 6.07) is 26.6. The molecule has 0 aliphatic carbocycles. The molecule has 0 spiro atoms. The zero-order chi connectivity index (χ0) is 23.8. The van der Waals surface area contributed by atoms with Crippen LogP contribution in [0.5, 0.6) is 0 Å². The van der Waals surface area contributed by atoms with E-state index < -0.39 is 10.0 Å². The number of ether oxygens (including phenoxy) is 1. The molecule has 0 bridgehead atoms. The molecular weight excluding hydrogens is 448 g/mol. The first-order chi connectivity index (χ1) is 16.5. The van der Waals surface area contributed by atoms with Crippen LogP contribution < -0.4 is 10.0 Å². The number of amides is 1. The van der Waals surface area contributed by atoms with Gasteiger partial charge in [-0.25, -0.2) is 13.1 Å². The molecule has 1 unspecified atom stereocenters. The van der Waals surface area contributed by atoms with Crippen molar-refractivity contribution in [3.8, 4) is 0 Å². The summed E-state index contributed by atoms with van der Waals surface area (Å²) in [7, 11) is -3.72. The van der Waals surface area contributed by atoms with Crippen LogP contribution in [0.1, 0.15) is 46.7 Å². The summed E-state index contributed by atoms with van der Waals surface area (Å²) in [6.07, 6.45) is 2.42. The summed E-state index contributed by atoms with van der Waals surface area (Å²) in [4.78, 5) is 12.9. The van der Waals surface area contributed by atoms with E-state index in [1.54, 1.807) is 12.1 Å². The van der Waals surface area contributed by atoms with Gasteiger partial charge in [0.05, 0.1) is 11.0 Å². The van der Waals surface area contributed by atoms with Crippen LogP contribution in [-0.4, -0.2) is 40.1 Å². The van der Waals surface area contributed by atoms with Crippen molar-refractivity contribution in [3.63, 3.8) is 0 Å². The SMILES string of the molecule is O=C(NCCC(c1ccccc1)c1ccccc1)c1cccc(S(=O)(=O)NCC2CCCO2)c1. The Morgan fingerprint density at radius 3 is 2.24 bits per heavy atom. The molecule has 3 aromatic rings. The highest BCUT2D eigenvalue weighted by molar-refractivity contribution is 7.89. The van der Waals surface area contributed by atoms with Gasteiger partial charge in [0, 0.05) is 31.2 Å². The summed E-state index contributed by atoms with van der Waals surface area (Å²) in [5.41, 5.74) is 2.69. The summed E-state index contributed by atoms with van der Waals surface area (Å²) in [6.45, 7) is 1.36. The van der Waals surface area contributed by atoms with Gasteiger partial charge >= 0.3 is 0 Å². The fourth-order valence-corrected chi connectivity index (χ4v) is 5.34. The lowest BCUT2D eigenvalue weighted by Gasteiger charge is -2.18. The van der Waals surface area contributed by atoms with E-state index >= 15 is 0 Å². The molecule has 1 aliphatic rings. The van der Waals surface area contributed by atoms with Crippen LogP contribution in [0.4, 0.5) is 0 Å². The van der Waals surface area contributed by atoms with Crippen LogP contribution in [0.2, 0.25) is 0 Å². The van der Waals surface area contributed by atoms with Crippen molar-refractivity contribution < 1.29 is 17.9 Å². The van der Waals surface area contributed by atoms with Crippen LogP contribution in [0.15, 0.2) is 89.8 Å². The maximum Gasteiger partial charge on any atom is 0.251 e. The first-order valence-corrected chi connectivity index (χ1v) is 13.1. The van der Waals surface area contributed by atoms with E-state index in [9.17, 15) is 13.2 Å². The number of nitrogens with one attached hydrogen (secondary N) is 2. The Labute approximate surface area is 201 Å². The molecule has 1 saturated heterocycles. The maximum absolute atomic E-state index is 12.8.